The molecule has 80 valence electrons. The molecule has 2 heterocycles. The zero-order valence-electron chi connectivity index (χ0n) is 8.13. The molecule has 2 rings (SSSR count). The summed E-state index contributed by atoms with van der Waals surface area (Å²) in [6, 6.07) is 0. The van der Waals surface area contributed by atoms with Crippen molar-refractivity contribution in [3.05, 3.63) is 24.3 Å². The van der Waals surface area contributed by atoms with Crippen LogP contribution in [0.15, 0.2) is 18.6 Å². The zero-order valence-corrected chi connectivity index (χ0v) is 8.94. The van der Waals surface area contributed by atoms with Crippen LogP contribution in [0, 0.1) is 0 Å². The van der Waals surface area contributed by atoms with Crippen LogP contribution < -0.4 is 0 Å². The second kappa shape index (κ2) is 5.20. The molecule has 1 saturated heterocycles. The molecule has 1 aromatic rings. The fraction of sp³-hybridized carbons (Fsp3) is 0.444. The van der Waals surface area contributed by atoms with E-state index in [1.165, 1.54) is 24.3 Å². The van der Waals surface area contributed by atoms with Crippen LogP contribution in [-0.4, -0.2) is 45.7 Å². The van der Waals surface area contributed by atoms with E-state index in [0.717, 1.165) is 13.1 Å². The minimum atomic E-state index is -0.0648. The fourth-order valence-electron chi connectivity index (χ4n) is 1.21. The number of hydrogen-bond donors (Lipinski definition) is 0. The Morgan fingerprint density at radius 1 is 1.40 bits per heavy atom. The standard InChI is InChI=1S/C9H11N3O2S/c13-9(8-7-10-1-2-11-8)15-12-3-5-14-6-4-12/h1-2,7H,3-6H2. The second-order valence-corrected chi connectivity index (χ2v) is 4.08. The lowest BCUT2D eigenvalue weighted by Crippen LogP contribution is -2.32. The van der Waals surface area contributed by atoms with Gasteiger partial charge in [0.05, 0.1) is 19.4 Å². The Kier molecular flexibility index (Phi) is 3.65. The first-order chi connectivity index (χ1) is 7.36. The Morgan fingerprint density at radius 2 is 2.20 bits per heavy atom. The lowest BCUT2D eigenvalue weighted by molar-refractivity contribution is 0.0765. The molecule has 1 aliphatic rings. The fourth-order valence-corrected chi connectivity index (χ4v) is 1.97. The highest BCUT2D eigenvalue weighted by Crippen LogP contribution is 2.16. The van der Waals surface area contributed by atoms with Gasteiger partial charge in [0, 0.05) is 37.4 Å². The number of carbonyl (C=O) groups excluding carboxylic acids is 1. The molecule has 0 N–H and O–H groups in total. The van der Waals surface area contributed by atoms with Gasteiger partial charge in [0.2, 0.25) is 0 Å². The third-order valence-corrected chi connectivity index (χ3v) is 2.95. The normalized spacial score (nSPS) is 17.6. The molecule has 0 aliphatic carbocycles. The first kappa shape index (κ1) is 10.5. The molecule has 0 unspecified atom stereocenters. The third-order valence-electron chi connectivity index (χ3n) is 1.95. The molecule has 5 nitrogen and oxygen atoms in total. The van der Waals surface area contributed by atoms with Crippen LogP contribution in [0.5, 0.6) is 0 Å². The van der Waals surface area contributed by atoms with Gasteiger partial charge in [-0.05, 0) is 0 Å². The second-order valence-electron chi connectivity index (χ2n) is 3.01. The average Bonchev–Trinajstić information content (AvgIpc) is 2.31. The molecule has 15 heavy (non-hydrogen) atoms. The maximum atomic E-state index is 11.7. The van der Waals surface area contributed by atoms with E-state index < -0.39 is 0 Å². The van der Waals surface area contributed by atoms with Crippen molar-refractivity contribution in [1.82, 2.24) is 14.3 Å². The van der Waals surface area contributed by atoms with Gasteiger partial charge in [-0.3, -0.25) is 9.78 Å². The summed E-state index contributed by atoms with van der Waals surface area (Å²) in [5, 5.41) is -0.0648. The number of ether oxygens (including phenoxy) is 1. The quantitative estimate of drug-likeness (QED) is 0.687. The van der Waals surface area contributed by atoms with Crippen molar-refractivity contribution in [3.8, 4) is 0 Å². The van der Waals surface area contributed by atoms with E-state index >= 15 is 0 Å². The molecule has 6 heteroatoms. The van der Waals surface area contributed by atoms with Crippen molar-refractivity contribution in [2.75, 3.05) is 26.3 Å². The molecule has 0 spiro atoms. The minimum absolute atomic E-state index is 0.0648. The molecular weight excluding hydrogens is 214 g/mol. The predicted octanol–water partition coefficient (Wildman–Crippen LogP) is 0.597. The molecule has 0 atom stereocenters. The maximum Gasteiger partial charge on any atom is 0.254 e. The Morgan fingerprint density at radius 3 is 2.87 bits per heavy atom. The molecule has 1 fully saturated rings. The lowest BCUT2D eigenvalue weighted by Gasteiger charge is -2.24. The first-order valence-corrected chi connectivity index (χ1v) is 5.44. The molecule has 0 aromatic carbocycles. The van der Waals surface area contributed by atoms with Gasteiger partial charge >= 0.3 is 0 Å². The molecule has 1 aliphatic heterocycles. The van der Waals surface area contributed by atoms with E-state index in [9.17, 15) is 4.79 Å². The maximum absolute atomic E-state index is 11.7. The average molecular weight is 225 g/mol. The molecule has 0 bridgehead atoms. The summed E-state index contributed by atoms with van der Waals surface area (Å²) >= 11 is 1.19. The summed E-state index contributed by atoms with van der Waals surface area (Å²) in [4.78, 5) is 19.5. The van der Waals surface area contributed by atoms with Crippen LogP contribution in [0.3, 0.4) is 0 Å². The summed E-state index contributed by atoms with van der Waals surface area (Å²) in [6.07, 6.45) is 4.55. The highest BCUT2D eigenvalue weighted by atomic mass is 32.2. The van der Waals surface area contributed by atoms with Crippen LogP contribution in [0.4, 0.5) is 0 Å². The Labute approximate surface area is 92.0 Å². The third kappa shape index (κ3) is 2.98. The number of hydrogen-bond acceptors (Lipinski definition) is 6. The number of morpholine rings is 1. The summed E-state index contributed by atoms with van der Waals surface area (Å²) in [5.41, 5.74) is 0.397. The van der Waals surface area contributed by atoms with Crippen molar-refractivity contribution in [3.63, 3.8) is 0 Å². The highest BCUT2D eigenvalue weighted by molar-refractivity contribution is 8.12. The summed E-state index contributed by atoms with van der Waals surface area (Å²) in [7, 11) is 0. The summed E-state index contributed by atoms with van der Waals surface area (Å²) < 4.78 is 7.18. The Bertz CT molecular complexity index is 327. The van der Waals surface area contributed by atoms with Crippen LogP contribution >= 0.6 is 11.9 Å². The van der Waals surface area contributed by atoms with Crippen molar-refractivity contribution in [2.45, 2.75) is 0 Å². The molecule has 0 amide bonds. The van der Waals surface area contributed by atoms with Gasteiger partial charge in [-0.25, -0.2) is 9.29 Å². The van der Waals surface area contributed by atoms with Crippen molar-refractivity contribution in [2.24, 2.45) is 0 Å². The SMILES string of the molecule is O=C(SN1CCOCC1)c1cnccn1. The van der Waals surface area contributed by atoms with E-state index in [1.54, 1.807) is 6.20 Å². The number of nitrogens with zero attached hydrogens (tertiary/aromatic N) is 3. The van der Waals surface area contributed by atoms with Crippen molar-refractivity contribution < 1.29 is 9.53 Å². The lowest BCUT2D eigenvalue weighted by atomic mass is 10.5. The van der Waals surface area contributed by atoms with E-state index in [-0.39, 0.29) is 5.12 Å². The van der Waals surface area contributed by atoms with Crippen molar-refractivity contribution >= 4 is 17.1 Å². The van der Waals surface area contributed by atoms with E-state index in [4.69, 9.17) is 4.74 Å². The zero-order chi connectivity index (χ0) is 10.5. The molecule has 1 aromatic heterocycles. The van der Waals surface area contributed by atoms with Gasteiger partial charge < -0.3 is 4.74 Å². The Balaban J connectivity index is 1.91. The molecular formula is C9H11N3O2S. The smallest absolute Gasteiger partial charge is 0.254 e. The molecule has 0 radical (unpaired) electrons. The molecule has 0 saturated carbocycles. The van der Waals surface area contributed by atoms with Gasteiger partial charge in [0.15, 0.2) is 0 Å². The van der Waals surface area contributed by atoms with E-state index in [1.807, 2.05) is 4.31 Å². The monoisotopic (exact) mass is 225 g/mol. The number of rotatable bonds is 2. The summed E-state index contributed by atoms with van der Waals surface area (Å²) in [5.74, 6) is 0. The van der Waals surface area contributed by atoms with Gasteiger partial charge in [-0.15, -0.1) is 0 Å². The van der Waals surface area contributed by atoms with Gasteiger partial charge in [-0.2, -0.15) is 0 Å². The first-order valence-electron chi connectivity index (χ1n) is 4.67. The van der Waals surface area contributed by atoms with Crippen LogP contribution in [0.25, 0.3) is 0 Å². The largest absolute Gasteiger partial charge is 0.379 e. The van der Waals surface area contributed by atoms with E-state index in [2.05, 4.69) is 9.97 Å². The van der Waals surface area contributed by atoms with Crippen LogP contribution in [0.1, 0.15) is 10.5 Å². The number of aromatic nitrogens is 2. The van der Waals surface area contributed by atoms with Gasteiger partial charge in [-0.1, -0.05) is 0 Å². The van der Waals surface area contributed by atoms with Crippen molar-refractivity contribution in [1.29, 1.82) is 0 Å². The number of carbonyl (C=O) groups is 1. The minimum Gasteiger partial charge on any atom is -0.379 e. The summed E-state index contributed by atoms with van der Waals surface area (Å²) in [6.45, 7) is 2.91. The Hall–Kier alpha value is -0.980. The van der Waals surface area contributed by atoms with Gasteiger partial charge in [0.25, 0.3) is 5.12 Å². The van der Waals surface area contributed by atoms with Crippen LogP contribution in [0.2, 0.25) is 0 Å². The van der Waals surface area contributed by atoms with E-state index in [0.29, 0.717) is 18.9 Å². The van der Waals surface area contributed by atoms with Crippen LogP contribution in [-0.2, 0) is 4.74 Å². The predicted molar refractivity (Wildman–Crippen MR) is 56.3 cm³/mol. The topological polar surface area (TPSA) is 55.3 Å². The highest BCUT2D eigenvalue weighted by Gasteiger charge is 2.17. The van der Waals surface area contributed by atoms with Gasteiger partial charge in [0.1, 0.15) is 5.69 Å².